The van der Waals surface area contributed by atoms with Crippen LogP contribution in [-0.2, 0) is 6.42 Å². The molecule has 0 aromatic heterocycles. The van der Waals surface area contributed by atoms with Gasteiger partial charge in [-0.1, -0.05) is 18.2 Å². The summed E-state index contributed by atoms with van der Waals surface area (Å²) in [4.78, 5) is 11.0. The second-order valence-electron chi connectivity index (χ2n) is 4.39. The van der Waals surface area contributed by atoms with Crippen LogP contribution in [-0.4, -0.2) is 17.7 Å². The minimum Gasteiger partial charge on any atom is -0.492 e. The number of halogens is 1. The zero-order chi connectivity index (χ0) is 13.4. The Morgan fingerprint density at radius 2 is 2.05 bits per heavy atom. The highest BCUT2D eigenvalue weighted by Gasteiger charge is 2.19. The third-order valence-electron chi connectivity index (χ3n) is 3.22. The second kappa shape index (κ2) is 4.39. The van der Waals surface area contributed by atoms with E-state index in [4.69, 9.17) is 9.84 Å². The Balaban J connectivity index is 2.20. The fourth-order valence-electron chi connectivity index (χ4n) is 2.29. The Hall–Kier alpha value is -2.36. The summed E-state index contributed by atoms with van der Waals surface area (Å²) in [5.41, 5.74) is 1.96. The maximum Gasteiger partial charge on any atom is 0.335 e. The normalized spacial score (nSPS) is 12.9. The predicted molar refractivity (Wildman–Crippen MR) is 68.0 cm³/mol. The fraction of sp³-hybridized carbons (Fsp3) is 0.133. The predicted octanol–water partition coefficient (Wildman–Crippen LogP) is 3.13. The number of rotatable bonds is 2. The summed E-state index contributed by atoms with van der Waals surface area (Å²) in [6, 6.07) is 9.28. The van der Waals surface area contributed by atoms with Crippen LogP contribution in [0.2, 0.25) is 0 Å². The summed E-state index contributed by atoms with van der Waals surface area (Å²) in [6.45, 7) is 0.576. The lowest BCUT2D eigenvalue weighted by Crippen LogP contribution is -1.98. The first kappa shape index (κ1) is 11.7. The van der Waals surface area contributed by atoms with Gasteiger partial charge in [0.25, 0.3) is 0 Å². The molecule has 1 aliphatic rings. The van der Waals surface area contributed by atoms with Gasteiger partial charge >= 0.3 is 5.97 Å². The van der Waals surface area contributed by atoms with Crippen LogP contribution in [0, 0.1) is 5.82 Å². The van der Waals surface area contributed by atoms with Crippen LogP contribution in [0.5, 0.6) is 5.75 Å². The molecule has 0 fully saturated rings. The molecule has 4 heteroatoms. The number of carboxylic acid groups (broad SMARTS) is 1. The minimum atomic E-state index is -1.07. The van der Waals surface area contributed by atoms with E-state index in [0.29, 0.717) is 17.9 Å². The Morgan fingerprint density at radius 1 is 1.21 bits per heavy atom. The first-order chi connectivity index (χ1) is 9.16. The molecule has 1 heterocycles. The van der Waals surface area contributed by atoms with E-state index in [1.807, 2.05) is 12.1 Å². The zero-order valence-corrected chi connectivity index (χ0v) is 10.0. The summed E-state index contributed by atoms with van der Waals surface area (Å²) in [7, 11) is 0. The summed E-state index contributed by atoms with van der Waals surface area (Å²) in [5, 5.41) is 8.99. The number of hydrogen-bond donors (Lipinski definition) is 1. The first-order valence-corrected chi connectivity index (χ1v) is 5.95. The lowest BCUT2D eigenvalue weighted by Gasteiger charge is -2.09. The molecule has 0 saturated carbocycles. The fourth-order valence-corrected chi connectivity index (χ4v) is 2.29. The summed E-state index contributed by atoms with van der Waals surface area (Å²) in [6.07, 6.45) is 0.795. The molecular formula is C15H11FO3. The molecule has 3 rings (SSSR count). The number of fused-ring (bicyclic) bond motifs is 1. The van der Waals surface area contributed by atoms with E-state index < -0.39 is 11.8 Å². The van der Waals surface area contributed by atoms with Crippen LogP contribution in [0.3, 0.4) is 0 Å². The monoisotopic (exact) mass is 258 g/mol. The maximum absolute atomic E-state index is 13.9. The molecule has 19 heavy (non-hydrogen) atoms. The molecule has 0 saturated heterocycles. The van der Waals surface area contributed by atoms with Gasteiger partial charge in [-0.15, -0.1) is 0 Å². The van der Waals surface area contributed by atoms with Gasteiger partial charge in [-0.3, -0.25) is 0 Å². The topological polar surface area (TPSA) is 46.5 Å². The van der Waals surface area contributed by atoms with Gasteiger partial charge in [0.1, 0.15) is 11.6 Å². The molecule has 2 aromatic rings. The second-order valence-corrected chi connectivity index (χ2v) is 4.39. The lowest BCUT2D eigenvalue weighted by molar-refractivity contribution is 0.0697. The third kappa shape index (κ3) is 1.95. The van der Waals surface area contributed by atoms with E-state index in [2.05, 4.69) is 0 Å². The largest absolute Gasteiger partial charge is 0.492 e. The van der Waals surface area contributed by atoms with E-state index in [1.54, 1.807) is 6.07 Å². The summed E-state index contributed by atoms with van der Waals surface area (Å²) >= 11 is 0. The van der Waals surface area contributed by atoms with Crippen molar-refractivity contribution in [1.82, 2.24) is 0 Å². The number of carboxylic acids is 1. The Morgan fingerprint density at radius 3 is 2.84 bits per heavy atom. The summed E-state index contributed by atoms with van der Waals surface area (Å²) in [5.74, 6) is -0.868. The molecule has 2 aromatic carbocycles. The summed E-state index contributed by atoms with van der Waals surface area (Å²) < 4.78 is 19.5. The molecule has 96 valence electrons. The van der Waals surface area contributed by atoms with Gasteiger partial charge in [-0.2, -0.15) is 0 Å². The highest BCUT2D eigenvalue weighted by Crippen LogP contribution is 2.38. The molecule has 0 spiro atoms. The molecule has 0 amide bonds. The Labute approximate surface area is 109 Å². The number of para-hydroxylation sites is 1. The van der Waals surface area contributed by atoms with Gasteiger partial charge in [-0.05, 0) is 23.8 Å². The van der Waals surface area contributed by atoms with Crippen molar-refractivity contribution >= 4 is 5.97 Å². The van der Waals surface area contributed by atoms with E-state index in [0.717, 1.165) is 12.0 Å². The highest BCUT2D eigenvalue weighted by atomic mass is 19.1. The van der Waals surface area contributed by atoms with Crippen molar-refractivity contribution in [1.29, 1.82) is 0 Å². The number of aromatic carboxylic acids is 1. The van der Waals surface area contributed by atoms with Crippen molar-refractivity contribution in [3.05, 3.63) is 53.3 Å². The smallest absolute Gasteiger partial charge is 0.335 e. The van der Waals surface area contributed by atoms with Crippen molar-refractivity contribution in [3.63, 3.8) is 0 Å². The molecule has 1 N–H and O–H groups in total. The van der Waals surface area contributed by atoms with E-state index in [-0.39, 0.29) is 11.1 Å². The molecule has 0 unspecified atom stereocenters. The van der Waals surface area contributed by atoms with Crippen LogP contribution in [0.15, 0.2) is 36.4 Å². The number of hydrogen-bond acceptors (Lipinski definition) is 2. The van der Waals surface area contributed by atoms with Crippen LogP contribution in [0.25, 0.3) is 11.1 Å². The first-order valence-electron chi connectivity index (χ1n) is 5.95. The van der Waals surface area contributed by atoms with Gasteiger partial charge < -0.3 is 9.84 Å². The minimum absolute atomic E-state index is 0.0620. The third-order valence-corrected chi connectivity index (χ3v) is 3.22. The standard InChI is InChI=1S/C15H11FO3/c16-13-5-4-10(15(17)18)8-12(13)11-3-1-2-9-6-7-19-14(9)11/h1-5,8H,6-7H2,(H,17,18). The molecular weight excluding hydrogens is 247 g/mol. The van der Waals surface area contributed by atoms with Crippen LogP contribution < -0.4 is 4.74 Å². The number of carbonyl (C=O) groups is 1. The van der Waals surface area contributed by atoms with Crippen molar-refractivity contribution in [3.8, 4) is 16.9 Å². The Kier molecular flexibility index (Phi) is 2.71. The van der Waals surface area contributed by atoms with E-state index in [1.165, 1.54) is 18.2 Å². The number of benzene rings is 2. The Bertz CT molecular complexity index is 664. The zero-order valence-electron chi connectivity index (χ0n) is 10.0. The van der Waals surface area contributed by atoms with Crippen molar-refractivity contribution in [2.75, 3.05) is 6.61 Å². The van der Waals surface area contributed by atoms with Gasteiger partial charge in [-0.25, -0.2) is 9.18 Å². The SMILES string of the molecule is O=C(O)c1ccc(F)c(-c2cccc3c2OCC3)c1. The van der Waals surface area contributed by atoms with Crippen LogP contribution >= 0.6 is 0 Å². The van der Waals surface area contributed by atoms with Crippen LogP contribution in [0.1, 0.15) is 15.9 Å². The molecule has 1 aliphatic heterocycles. The average Bonchev–Trinajstić information content (AvgIpc) is 2.87. The van der Waals surface area contributed by atoms with Crippen molar-refractivity contribution < 1.29 is 19.0 Å². The molecule has 0 radical (unpaired) electrons. The maximum atomic E-state index is 13.9. The molecule has 0 bridgehead atoms. The van der Waals surface area contributed by atoms with Gasteiger partial charge in [0, 0.05) is 17.5 Å². The van der Waals surface area contributed by atoms with Crippen molar-refractivity contribution in [2.45, 2.75) is 6.42 Å². The number of ether oxygens (including phenoxy) is 1. The van der Waals surface area contributed by atoms with Gasteiger partial charge in [0.15, 0.2) is 0 Å². The molecule has 3 nitrogen and oxygen atoms in total. The molecule has 0 atom stereocenters. The van der Waals surface area contributed by atoms with Crippen molar-refractivity contribution in [2.24, 2.45) is 0 Å². The quantitative estimate of drug-likeness (QED) is 0.900. The van der Waals surface area contributed by atoms with E-state index >= 15 is 0 Å². The van der Waals surface area contributed by atoms with Gasteiger partial charge in [0.05, 0.1) is 12.2 Å². The highest BCUT2D eigenvalue weighted by molar-refractivity contribution is 5.90. The lowest BCUT2D eigenvalue weighted by atomic mass is 9.99. The van der Waals surface area contributed by atoms with E-state index in [9.17, 15) is 9.18 Å². The molecule has 0 aliphatic carbocycles. The average molecular weight is 258 g/mol. The van der Waals surface area contributed by atoms with Crippen LogP contribution in [0.4, 0.5) is 4.39 Å². The van der Waals surface area contributed by atoms with Gasteiger partial charge in [0.2, 0.25) is 0 Å².